The zero-order valence-electron chi connectivity index (χ0n) is 18.1. The van der Waals surface area contributed by atoms with E-state index in [1.54, 1.807) is 23.2 Å². The van der Waals surface area contributed by atoms with E-state index in [9.17, 15) is 18.5 Å². The summed E-state index contributed by atoms with van der Waals surface area (Å²) in [5, 5.41) is 12.9. The highest BCUT2D eigenvalue weighted by Crippen LogP contribution is 2.78. The van der Waals surface area contributed by atoms with Crippen molar-refractivity contribution in [3.8, 4) is 6.07 Å². The molecule has 1 saturated heterocycles. The number of pyridine rings is 1. The fraction of sp³-hybridized carbons (Fsp3) is 0.696. The first kappa shape index (κ1) is 20.6. The Balaban J connectivity index is 1.20. The van der Waals surface area contributed by atoms with Crippen LogP contribution in [0.25, 0.3) is 0 Å². The molecule has 1 aromatic rings. The molecule has 32 heavy (non-hydrogen) atoms. The molecule has 6 atom stereocenters. The lowest BCUT2D eigenvalue weighted by atomic mass is 9.51. The summed E-state index contributed by atoms with van der Waals surface area (Å²) < 4.78 is 29.4. The van der Waals surface area contributed by atoms with Crippen LogP contribution < -0.4 is 10.0 Å². The van der Waals surface area contributed by atoms with Gasteiger partial charge in [0.25, 0.3) is 0 Å². The average Bonchev–Trinajstić information content (AvgIpc) is 3.37. The third-order valence-corrected chi connectivity index (χ3v) is 10.7. The van der Waals surface area contributed by atoms with Gasteiger partial charge in [-0.15, -0.1) is 0 Å². The highest BCUT2D eigenvalue weighted by molar-refractivity contribution is 7.89. The molecular weight excluding hydrogens is 426 g/mol. The highest BCUT2D eigenvalue weighted by Gasteiger charge is 2.78. The lowest BCUT2D eigenvalue weighted by Crippen LogP contribution is -2.67. The number of aromatic nitrogens is 1. The lowest BCUT2D eigenvalue weighted by Gasteiger charge is -2.58. The summed E-state index contributed by atoms with van der Waals surface area (Å²) in [5.41, 5.74) is -0.477. The van der Waals surface area contributed by atoms with Gasteiger partial charge >= 0.3 is 0 Å². The van der Waals surface area contributed by atoms with Crippen LogP contribution in [0.15, 0.2) is 29.4 Å². The van der Waals surface area contributed by atoms with Gasteiger partial charge in [-0.3, -0.25) is 9.78 Å². The van der Waals surface area contributed by atoms with Crippen LogP contribution in [0, 0.1) is 28.6 Å². The number of nitrogens with zero attached hydrogens (tertiary/aromatic N) is 3. The molecular formula is C23H29N5O3S. The second kappa shape index (κ2) is 6.75. The Morgan fingerprint density at radius 3 is 2.94 bits per heavy atom. The molecule has 6 rings (SSSR count). The Bertz CT molecular complexity index is 1100. The van der Waals surface area contributed by atoms with Crippen molar-refractivity contribution in [3.63, 3.8) is 0 Å². The van der Waals surface area contributed by atoms with Crippen molar-refractivity contribution in [1.82, 2.24) is 19.9 Å². The Hall–Kier alpha value is -2.02. The number of hydrogen-bond acceptors (Lipinski definition) is 6. The number of nitrogens with one attached hydrogen (secondary N) is 2. The summed E-state index contributed by atoms with van der Waals surface area (Å²) in [6.45, 7) is 0.933. The Kier molecular flexibility index (Phi) is 4.34. The molecule has 0 radical (unpaired) electrons. The van der Waals surface area contributed by atoms with Gasteiger partial charge < -0.3 is 10.2 Å². The van der Waals surface area contributed by atoms with Crippen molar-refractivity contribution in [1.29, 1.82) is 5.26 Å². The van der Waals surface area contributed by atoms with E-state index in [1.165, 1.54) is 6.20 Å². The van der Waals surface area contributed by atoms with E-state index in [2.05, 4.69) is 21.1 Å². The highest BCUT2D eigenvalue weighted by atomic mass is 32.2. The van der Waals surface area contributed by atoms with Crippen LogP contribution in [0.5, 0.6) is 0 Å². The van der Waals surface area contributed by atoms with Crippen LogP contribution in [0.4, 0.5) is 0 Å². The minimum atomic E-state index is -3.62. The van der Waals surface area contributed by atoms with Gasteiger partial charge in [0.1, 0.15) is 10.9 Å². The maximum absolute atomic E-state index is 13.1. The van der Waals surface area contributed by atoms with Crippen molar-refractivity contribution in [2.45, 2.75) is 73.4 Å². The molecule has 0 aromatic carbocycles. The SMILES string of the molecule is N#CC1CCCN1C(=O)CNC12CC3CC4(NS(=O)(=O)c5cccnc5)CC(C1)C4(C3)C2. The van der Waals surface area contributed by atoms with E-state index in [0.717, 1.165) is 51.4 Å². The summed E-state index contributed by atoms with van der Waals surface area (Å²) in [6.07, 6.45) is 10.4. The molecule has 1 amide bonds. The van der Waals surface area contributed by atoms with Gasteiger partial charge in [-0.1, -0.05) is 0 Å². The zero-order valence-corrected chi connectivity index (χ0v) is 18.9. The third kappa shape index (κ3) is 2.76. The predicted molar refractivity (Wildman–Crippen MR) is 115 cm³/mol. The van der Waals surface area contributed by atoms with Gasteiger partial charge in [0.2, 0.25) is 15.9 Å². The number of likely N-dealkylation sites (tertiary alicyclic amines) is 1. The second-order valence-electron chi connectivity index (χ2n) is 10.8. The quantitative estimate of drug-likeness (QED) is 0.673. The first-order valence-corrected chi connectivity index (χ1v) is 13.2. The number of amides is 1. The molecule has 9 heteroatoms. The minimum Gasteiger partial charge on any atom is -0.326 e. The fourth-order valence-corrected chi connectivity index (χ4v) is 9.70. The molecule has 2 N–H and O–H groups in total. The molecule has 4 aliphatic carbocycles. The number of nitriles is 1. The first-order chi connectivity index (χ1) is 15.3. The van der Waals surface area contributed by atoms with Gasteiger partial charge in [0.15, 0.2) is 0 Å². The van der Waals surface area contributed by atoms with E-state index in [1.807, 2.05) is 0 Å². The predicted octanol–water partition coefficient (Wildman–Crippen LogP) is 1.56. The van der Waals surface area contributed by atoms with Crippen molar-refractivity contribution >= 4 is 15.9 Å². The Labute approximate surface area is 188 Å². The first-order valence-electron chi connectivity index (χ1n) is 11.7. The van der Waals surface area contributed by atoms with Gasteiger partial charge in [-0.05, 0) is 80.8 Å². The summed E-state index contributed by atoms with van der Waals surface area (Å²) in [5.74, 6) is 0.976. The summed E-state index contributed by atoms with van der Waals surface area (Å²) in [6, 6.07) is 5.20. The van der Waals surface area contributed by atoms with E-state index < -0.39 is 10.0 Å². The molecule has 1 spiro atoms. The zero-order chi connectivity index (χ0) is 22.2. The molecule has 170 valence electrons. The smallest absolute Gasteiger partial charge is 0.242 e. The van der Waals surface area contributed by atoms with Crippen molar-refractivity contribution in [2.24, 2.45) is 17.3 Å². The fourth-order valence-electron chi connectivity index (χ4n) is 8.24. The monoisotopic (exact) mass is 455 g/mol. The average molecular weight is 456 g/mol. The van der Waals surface area contributed by atoms with Gasteiger partial charge in [-0.25, -0.2) is 13.1 Å². The minimum absolute atomic E-state index is 0.00984. The van der Waals surface area contributed by atoms with Crippen molar-refractivity contribution in [2.75, 3.05) is 13.1 Å². The molecule has 3 bridgehead atoms. The number of fused-ring (bicyclic) bond motifs is 2. The second-order valence-corrected chi connectivity index (χ2v) is 12.5. The van der Waals surface area contributed by atoms with Gasteiger partial charge in [0, 0.05) is 30.0 Å². The largest absolute Gasteiger partial charge is 0.326 e. The topological polar surface area (TPSA) is 115 Å². The van der Waals surface area contributed by atoms with Crippen LogP contribution in [0.2, 0.25) is 0 Å². The van der Waals surface area contributed by atoms with Crippen molar-refractivity contribution in [3.05, 3.63) is 24.5 Å². The van der Waals surface area contributed by atoms with Crippen LogP contribution in [-0.2, 0) is 14.8 Å². The molecule has 2 heterocycles. The number of rotatable bonds is 6. The molecule has 4 saturated carbocycles. The normalized spacial score (nSPS) is 41.3. The molecule has 8 nitrogen and oxygen atoms in total. The van der Waals surface area contributed by atoms with Crippen LogP contribution in [0.3, 0.4) is 0 Å². The third-order valence-electron chi connectivity index (χ3n) is 9.20. The Morgan fingerprint density at radius 1 is 1.28 bits per heavy atom. The number of carbonyl (C=O) groups excluding carboxylic acids is 1. The summed E-state index contributed by atoms with van der Waals surface area (Å²) >= 11 is 0. The molecule has 1 aromatic heterocycles. The standard InChI is InChI=1S/C23H29N5O3S/c24-12-18-3-2-6-28(18)20(29)14-26-21-7-16-8-22(15-21)17(10-21)11-23(22,9-16)27-32(30,31)19-4-1-5-25-13-19/h1,4-5,13,16-18,26-27H,2-3,6-11,14-15H2. The maximum Gasteiger partial charge on any atom is 0.242 e. The summed E-state index contributed by atoms with van der Waals surface area (Å²) in [7, 11) is -3.62. The number of hydrogen-bond donors (Lipinski definition) is 2. The molecule has 5 fully saturated rings. The van der Waals surface area contributed by atoms with Crippen LogP contribution in [-0.4, -0.2) is 54.4 Å². The number of sulfonamides is 1. The molecule has 5 aliphatic rings. The maximum atomic E-state index is 13.1. The lowest BCUT2D eigenvalue weighted by molar-refractivity contribution is -0.130. The summed E-state index contributed by atoms with van der Waals surface area (Å²) in [4.78, 5) is 18.7. The van der Waals surface area contributed by atoms with Gasteiger partial charge in [0.05, 0.1) is 12.6 Å². The van der Waals surface area contributed by atoms with E-state index >= 15 is 0 Å². The van der Waals surface area contributed by atoms with Gasteiger partial charge in [-0.2, -0.15) is 5.26 Å². The van der Waals surface area contributed by atoms with Crippen LogP contribution >= 0.6 is 0 Å². The van der Waals surface area contributed by atoms with E-state index in [4.69, 9.17) is 0 Å². The van der Waals surface area contributed by atoms with Crippen LogP contribution in [0.1, 0.15) is 51.4 Å². The van der Waals surface area contributed by atoms with Crippen molar-refractivity contribution < 1.29 is 13.2 Å². The van der Waals surface area contributed by atoms with E-state index in [-0.39, 0.29) is 39.9 Å². The Morgan fingerprint density at radius 2 is 2.16 bits per heavy atom. The number of carbonyl (C=O) groups is 1. The van der Waals surface area contributed by atoms with E-state index in [0.29, 0.717) is 18.4 Å². The molecule has 1 aliphatic heterocycles. The molecule has 6 unspecified atom stereocenters.